The first-order chi connectivity index (χ1) is 10.3. The van der Waals surface area contributed by atoms with Crippen molar-refractivity contribution >= 4 is 5.94 Å². The van der Waals surface area contributed by atoms with Crippen LogP contribution in [0.15, 0.2) is 5.70 Å². The van der Waals surface area contributed by atoms with E-state index >= 15 is 0 Å². The van der Waals surface area contributed by atoms with E-state index in [2.05, 4.69) is 33.0 Å². The second-order valence-electron chi connectivity index (χ2n) is 6.61. The number of likely N-dealkylation sites (N-methyl/N-ethyl adjacent to an activating group) is 1. The zero-order valence-corrected chi connectivity index (χ0v) is 13.1. The predicted octanol–water partition coefficient (Wildman–Crippen LogP) is 0.181. The van der Waals surface area contributed by atoms with Gasteiger partial charge in [-0.2, -0.15) is 0 Å². The average Bonchev–Trinajstić information content (AvgIpc) is 2.56. The molecule has 0 aromatic rings. The number of likely N-dealkylation sites (tertiary alicyclic amines) is 1. The molecular weight excluding hydrogens is 264 g/mol. The van der Waals surface area contributed by atoms with Gasteiger partial charge in [0.2, 0.25) is 0 Å². The topological polar surface area (TPSA) is 40.9 Å². The lowest BCUT2D eigenvalue weighted by atomic mass is 9.92. The van der Waals surface area contributed by atoms with Crippen molar-refractivity contribution in [3.8, 4) is 0 Å². The largest absolute Gasteiger partial charge is 0.304 e. The zero-order chi connectivity index (χ0) is 14.7. The number of carbonyl (C=O) groups excluding carboxylic acids is 1. The van der Waals surface area contributed by atoms with Gasteiger partial charge in [0, 0.05) is 38.8 Å². The summed E-state index contributed by atoms with van der Waals surface area (Å²) >= 11 is 0. The Kier molecular flexibility index (Phi) is 4.96. The molecule has 3 aliphatic heterocycles. The molecule has 3 aliphatic rings. The van der Waals surface area contributed by atoms with Gasteiger partial charge < -0.3 is 4.90 Å². The number of hydrogen-bond acceptors (Lipinski definition) is 4. The molecule has 3 saturated heterocycles. The molecule has 2 atom stereocenters. The quantitative estimate of drug-likeness (QED) is 0.681. The zero-order valence-electron chi connectivity index (χ0n) is 13.1. The molecular formula is C16H27N4O. The number of piperidine rings is 2. The van der Waals surface area contributed by atoms with Gasteiger partial charge in [-0.3, -0.25) is 15.1 Å². The highest BCUT2D eigenvalue weighted by Gasteiger charge is 2.39. The third-order valence-corrected chi connectivity index (χ3v) is 5.25. The molecule has 2 unspecified atom stereocenters. The van der Waals surface area contributed by atoms with Crippen LogP contribution < -0.4 is 5.32 Å². The van der Waals surface area contributed by atoms with E-state index in [-0.39, 0.29) is 6.04 Å². The van der Waals surface area contributed by atoms with Gasteiger partial charge in [-0.1, -0.05) is 6.42 Å². The molecule has 21 heavy (non-hydrogen) atoms. The van der Waals surface area contributed by atoms with Crippen LogP contribution in [0.4, 0.5) is 0 Å². The second-order valence-corrected chi connectivity index (χ2v) is 6.61. The molecule has 0 spiro atoms. The molecule has 1 radical (unpaired) electrons. The van der Waals surface area contributed by atoms with Gasteiger partial charge in [-0.05, 0) is 39.4 Å². The lowest BCUT2D eigenvalue weighted by molar-refractivity contribution is 0.0382. The molecule has 5 heteroatoms. The fourth-order valence-electron chi connectivity index (χ4n) is 3.99. The van der Waals surface area contributed by atoms with Crippen molar-refractivity contribution in [1.82, 2.24) is 20.0 Å². The Morgan fingerprint density at radius 2 is 1.71 bits per heavy atom. The van der Waals surface area contributed by atoms with Crippen LogP contribution >= 0.6 is 0 Å². The predicted molar refractivity (Wildman–Crippen MR) is 82.9 cm³/mol. The fourth-order valence-corrected chi connectivity index (χ4v) is 3.99. The molecule has 0 bridgehead atoms. The number of hydrogen-bond donors (Lipinski definition) is 0. The van der Waals surface area contributed by atoms with Crippen molar-refractivity contribution in [3.05, 3.63) is 5.70 Å². The van der Waals surface area contributed by atoms with Crippen LogP contribution in [0.1, 0.15) is 25.7 Å². The first-order valence-corrected chi connectivity index (χ1v) is 8.39. The van der Waals surface area contributed by atoms with Crippen molar-refractivity contribution in [1.29, 1.82) is 0 Å². The normalized spacial score (nSPS) is 33.5. The van der Waals surface area contributed by atoms with E-state index in [0.29, 0.717) is 11.7 Å². The van der Waals surface area contributed by atoms with Gasteiger partial charge >= 0.3 is 0 Å². The molecule has 0 saturated carbocycles. The first-order valence-electron chi connectivity index (χ1n) is 8.39. The number of nitrogens with zero attached hydrogens (tertiary/aromatic N) is 4. The van der Waals surface area contributed by atoms with Crippen LogP contribution in [0.25, 0.3) is 0 Å². The minimum absolute atomic E-state index is 0.169. The summed E-state index contributed by atoms with van der Waals surface area (Å²) in [5.41, 5.74) is 0.668. The lowest BCUT2D eigenvalue weighted by Gasteiger charge is -2.47. The van der Waals surface area contributed by atoms with E-state index < -0.39 is 0 Å². The Morgan fingerprint density at radius 3 is 2.38 bits per heavy atom. The van der Waals surface area contributed by atoms with Gasteiger partial charge in [0.1, 0.15) is 11.6 Å². The lowest BCUT2D eigenvalue weighted by Crippen LogP contribution is -2.61. The summed E-state index contributed by atoms with van der Waals surface area (Å²) in [6.07, 6.45) is 5.03. The fraction of sp³-hybridized carbons (Fsp3) is 0.875. The summed E-state index contributed by atoms with van der Waals surface area (Å²) in [5, 5.41) is 4.48. The molecule has 0 aliphatic carbocycles. The molecule has 0 aromatic carbocycles. The molecule has 0 aromatic heterocycles. The highest BCUT2D eigenvalue weighted by atomic mass is 16.1. The number of rotatable bonds is 2. The van der Waals surface area contributed by atoms with E-state index in [0.717, 1.165) is 39.1 Å². The van der Waals surface area contributed by atoms with Gasteiger partial charge in [0.25, 0.3) is 0 Å². The Morgan fingerprint density at radius 1 is 1.00 bits per heavy atom. The van der Waals surface area contributed by atoms with Gasteiger partial charge in [0.15, 0.2) is 0 Å². The monoisotopic (exact) mass is 291 g/mol. The molecule has 0 amide bonds. The third-order valence-electron chi connectivity index (χ3n) is 5.25. The summed E-state index contributed by atoms with van der Waals surface area (Å²) in [5.74, 6) is 2.15. The van der Waals surface area contributed by atoms with Crippen LogP contribution in [0.3, 0.4) is 0 Å². The highest BCUT2D eigenvalue weighted by molar-refractivity contribution is 5.54. The van der Waals surface area contributed by atoms with E-state index in [4.69, 9.17) is 0 Å². The number of piperazine rings is 1. The van der Waals surface area contributed by atoms with Crippen LogP contribution in [-0.2, 0) is 4.79 Å². The molecule has 0 N–H and O–H groups in total. The summed E-state index contributed by atoms with van der Waals surface area (Å²) in [6, 6.07) is 0.630. The summed E-state index contributed by atoms with van der Waals surface area (Å²) < 4.78 is 0. The van der Waals surface area contributed by atoms with Crippen LogP contribution in [0.5, 0.6) is 0 Å². The van der Waals surface area contributed by atoms with Gasteiger partial charge in [-0.15, -0.1) is 0 Å². The maximum Gasteiger partial charge on any atom is 0.149 e. The van der Waals surface area contributed by atoms with E-state index in [1.165, 1.54) is 32.4 Å². The van der Waals surface area contributed by atoms with Crippen molar-refractivity contribution < 1.29 is 4.79 Å². The molecule has 3 heterocycles. The first kappa shape index (κ1) is 15.0. The molecule has 3 rings (SSSR count). The van der Waals surface area contributed by atoms with Crippen LogP contribution in [0, 0.1) is 0 Å². The van der Waals surface area contributed by atoms with Crippen molar-refractivity contribution in [2.24, 2.45) is 0 Å². The molecule has 117 valence electrons. The average molecular weight is 291 g/mol. The van der Waals surface area contributed by atoms with Gasteiger partial charge in [0.05, 0.1) is 6.04 Å². The molecule has 5 nitrogen and oxygen atoms in total. The Balaban J connectivity index is 1.77. The summed E-state index contributed by atoms with van der Waals surface area (Å²) in [6.45, 7) is 7.38. The Labute approximate surface area is 127 Å². The smallest absolute Gasteiger partial charge is 0.149 e. The summed E-state index contributed by atoms with van der Waals surface area (Å²) in [4.78, 5) is 18.8. The van der Waals surface area contributed by atoms with E-state index in [9.17, 15) is 4.79 Å². The van der Waals surface area contributed by atoms with Crippen LogP contribution in [-0.4, -0.2) is 85.6 Å². The van der Waals surface area contributed by atoms with E-state index in [1.54, 1.807) is 0 Å². The second kappa shape index (κ2) is 6.93. The van der Waals surface area contributed by atoms with Crippen molar-refractivity contribution in [2.75, 3.05) is 52.9 Å². The van der Waals surface area contributed by atoms with Crippen molar-refractivity contribution in [3.63, 3.8) is 0 Å². The summed E-state index contributed by atoms with van der Waals surface area (Å²) in [7, 11) is 2.17. The van der Waals surface area contributed by atoms with E-state index in [1.807, 2.05) is 0 Å². The van der Waals surface area contributed by atoms with Crippen LogP contribution in [0.2, 0.25) is 0 Å². The van der Waals surface area contributed by atoms with Crippen molar-refractivity contribution in [2.45, 2.75) is 37.8 Å². The minimum atomic E-state index is 0.169. The molecule has 3 fully saturated rings. The Hall–Kier alpha value is -0.870. The maximum atomic E-state index is 11.4. The Bertz CT molecular complexity index is 393. The third kappa shape index (κ3) is 3.32. The minimum Gasteiger partial charge on any atom is -0.304 e. The standard InChI is InChI=1S/C16H27N4O/c1-18-9-11-20(12-10-18)16-14(13-21)17-6-5-15(16)19-7-3-2-4-8-19/h15-16H,2-12H2,1H3. The SMILES string of the molecule is CN1CCN(C2C(=C=O)[N]CCC2N2CCCCC2)CC1. The maximum absolute atomic E-state index is 11.4. The van der Waals surface area contributed by atoms with Gasteiger partial charge in [-0.25, -0.2) is 4.79 Å². The highest BCUT2D eigenvalue weighted by Crippen LogP contribution is 2.27.